The van der Waals surface area contributed by atoms with Crippen molar-refractivity contribution in [1.29, 1.82) is 0 Å². The van der Waals surface area contributed by atoms with Gasteiger partial charge >= 0.3 is 0 Å². The highest BCUT2D eigenvalue weighted by molar-refractivity contribution is 5.48. The monoisotopic (exact) mass is 254 g/mol. The van der Waals surface area contributed by atoms with Crippen molar-refractivity contribution in [2.75, 3.05) is 18.5 Å². The van der Waals surface area contributed by atoms with Crippen LogP contribution in [0.25, 0.3) is 0 Å². The average Bonchev–Trinajstić information content (AvgIpc) is 2.46. The van der Waals surface area contributed by atoms with Gasteiger partial charge in [0.2, 0.25) is 0 Å². The molecule has 0 aliphatic carbocycles. The van der Waals surface area contributed by atoms with Crippen molar-refractivity contribution in [2.24, 2.45) is 5.73 Å². The van der Waals surface area contributed by atoms with E-state index in [-0.39, 0.29) is 0 Å². The van der Waals surface area contributed by atoms with Gasteiger partial charge in [-0.2, -0.15) is 0 Å². The summed E-state index contributed by atoms with van der Waals surface area (Å²) < 4.78 is 0. The van der Waals surface area contributed by atoms with Crippen LogP contribution in [0.1, 0.15) is 16.7 Å². The number of benzene rings is 2. The van der Waals surface area contributed by atoms with Crippen LogP contribution in [0.2, 0.25) is 0 Å². The van der Waals surface area contributed by atoms with Gasteiger partial charge in [-0.3, -0.25) is 0 Å². The van der Waals surface area contributed by atoms with Crippen molar-refractivity contribution in [3.63, 3.8) is 0 Å². The number of aryl methyl sites for hydroxylation is 1. The van der Waals surface area contributed by atoms with Crippen LogP contribution in [0, 0.1) is 6.92 Å². The molecule has 0 atom stereocenters. The Balaban J connectivity index is 2.01. The number of nitrogens with two attached hydrogens (primary N) is 1. The molecule has 0 bridgehead atoms. The van der Waals surface area contributed by atoms with Crippen LogP contribution in [0.5, 0.6) is 0 Å². The molecule has 0 aliphatic rings. The van der Waals surface area contributed by atoms with E-state index in [2.05, 4.69) is 67.4 Å². The fourth-order valence-electron chi connectivity index (χ4n) is 2.23. The molecule has 0 fully saturated rings. The van der Waals surface area contributed by atoms with Crippen LogP contribution < -0.4 is 10.6 Å². The maximum atomic E-state index is 5.69. The van der Waals surface area contributed by atoms with Gasteiger partial charge in [-0.25, -0.2) is 0 Å². The van der Waals surface area contributed by atoms with Crippen LogP contribution in [-0.4, -0.2) is 13.6 Å². The van der Waals surface area contributed by atoms with Gasteiger partial charge in [0, 0.05) is 25.8 Å². The first kappa shape index (κ1) is 13.6. The predicted octanol–water partition coefficient (Wildman–Crippen LogP) is 3.13. The molecule has 0 radical (unpaired) electrons. The Bertz CT molecular complexity index is 534. The molecule has 0 saturated heterocycles. The zero-order valence-corrected chi connectivity index (χ0v) is 11.8. The SMILES string of the molecule is Cc1ccccc1CCN(C)c1cccc(CN)c1. The lowest BCUT2D eigenvalue weighted by atomic mass is 10.1. The average molecular weight is 254 g/mol. The molecule has 0 aliphatic heterocycles. The molecule has 2 aromatic rings. The van der Waals surface area contributed by atoms with Gasteiger partial charge in [0.1, 0.15) is 0 Å². The fraction of sp³-hybridized carbons (Fsp3) is 0.294. The normalized spacial score (nSPS) is 10.5. The van der Waals surface area contributed by atoms with Gasteiger partial charge < -0.3 is 10.6 Å². The van der Waals surface area contributed by atoms with Crippen LogP contribution in [0.15, 0.2) is 48.5 Å². The minimum absolute atomic E-state index is 0.597. The third-order valence-corrected chi connectivity index (χ3v) is 3.56. The van der Waals surface area contributed by atoms with E-state index in [4.69, 9.17) is 5.73 Å². The van der Waals surface area contributed by atoms with Crippen molar-refractivity contribution < 1.29 is 0 Å². The molecule has 2 N–H and O–H groups in total. The quantitative estimate of drug-likeness (QED) is 0.888. The van der Waals surface area contributed by atoms with Gasteiger partial charge in [0.25, 0.3) is 0 Å². The van der Waals surface area contributed by atoms with Crippen molar-refractivity contribution >= 4 is 5.69 Å². The second-order valence-electron chi connectivity index (χ2n) is 4.97. The number of nitrogens with zero attached hydrogens (tertiary/aromatic N) is 1. The molecule has 0 amide bonds. The van der Waals surface area contributed by atoms with E-state index in [1.165, 1.54) is 22.4 Å². The lowest BCUT2D eigenvalue weighted by molar-refractivity contribution is 0.870. The summed E-state index contributed by atoms with van der Waals surface area (Å²) >= 11 is 0. The number of anilines is 1. The molecule has 0 unspecified atom stereocenters. The Morgan fingerprint density at radius 2 is 1.84 bits per heavy atom. The van der Waals surface area contributed by atoms with Crippen LogP contribution in [0.4, 0.5) is 5.69 Å². The van der Waals surface area contributed by atoms with E-state index in [0.29, 0.717) is 6.54 Å². The first-order valence-electron chi connectivity index (χ1n) is 6.75. The first-order valence-corrected chi connectivity index (χ1v) is 6.75. The van der Waals surface area contributed by atoms with Gasteiger partial charge in [0.15, 0.2) is 0 Å². The maximum absolute atomic E-state index is 5.69. The summed E-state index contributed by atoms with van der Waals surface area (Å²) in [5.41, 5.74) is 10.9. The predicted molar refractivity (Wildman–Crippen MR) is 82.5 cm³/mol. The molecule has 0 aromatic heterocycles. The molecular weight excluding hydrogens is 232 g/mol. The summed E-state index contributed by atoms with van der Waals surface area (Å²) in [6.07, 6.45) is 1.07. The summed E-state index contributed by atoms with van der Waals surface area (Å²) in [6, 6.07) is 17.0. The number of rotatable bonds is 5. The summed E-state index contributed by atoms with van der Waals surface area (Å²) in [5.74, 6) is 0. The summed E-state index contributed by atoms with van der Waals surface area (Å²) in [6.45, 7) is 3.78. The van der Waals surface area contributed by atoms with Crippen molar-refractivity contribution in [2.45, 2.75) is 19.9 Å². The van der Waals surface area contributed by atoms with Gasteiger partial charge in [-0.15, -0.1) is 0 Å². The summed E-state index contributed by atoms with van der Waals surface area (Å²) in [5, 5.41) is 0. The van der Waals surface area contributed by atoms with Crippen molar-refractivity contribution in [3.05, 3.63) is 65.2 Å². The van der Waals surface area contributed by atoms with E-state index < -0.39 is 0 Å². The van der Waals surface area contributed by atoms with E-state index in [1.807, 2.05) is 0 Å². The van der Waals surface area contributed by atoms with E-state index in [1.54, 1.807) is 0 Å². The fourth-order valence-corrected chi connectivity index (χ4v) is 2.23. The van der Waals surface area contributed by atoms with Gasteiger partial charge in [-0.1, -0.05) is 36.4 Å². The number of likely N-dealkylation sites (N-methyl/N-ethyl adjacent to an activating group) is 1. The Morgan fingerprint density at radius 3 is 2.58 bits per heavy atom. The Labute approximate surface area is 115 Å². The number of hydrogen-bond donors (Lipinski definition) is 1. The molecule has 2 rings (SSSR count). The van der Waals surface area contributed by atoms with Gasteiger partial charge in [0.05, 0.1) is 0 Å². The lowest BCUT2D eigenvalue weighted by Gasteiger charge is -2.20. The second kappa shape index (κ2) is 6.39. The van der Waals surface area contributed by atoms with E-state index >= 15 is 0 Å². The van der Waals surface area contributed by atoms with E-state index in [0.717, 1.165) is 13.0 Å². The van der Waals surface area contributed by atoms with Crippen LogP contribution in [0.3, 0.4) is 0 Å². The highest BCUT2D eigenvalue weighted by Crippen LogP contribution is 2.16. The van der Waals surface area contributed by atoms with Crippen LogP contribution >= 0.6 is 0 Å². The Kier molecular flexibility index (Phi) is 4.58. The molecule has 2 nitrogen and oxygen atoms in total. The first-order chi connectivity index (χ1) is 9.20. The smallest absolute Gasteiger partial charge is 0.0366 e. The molecule has 100 valence electrons. The lowest BCUT2D eigenvalue weighted by Crippen LogP contribution is -2.20. The standard InChI is InChI=1S/C17H22N2/c1-14-6-3-4-8-16(14)10-11-19(2)17-9-5-7-15(12-17)13-18/h3-9,12H,10-11,13,18H2,1-2H3. The molecule has 19 heavy (non-hydrogen) atoms. The maximum Gasteiger partial charge on any atom is 0.0366 e. The topological polar surface area (TPSA) is 29.3 Å². The number of hydrogen-bond acceptors (Lipinski definition) is 2. The third kappa shape index (κ3) is 3.58. The minimum atomic E-state index is 0.597. The zero-order chi connectivity index (χ0) is 13.7. The minimum Gasteiger partial charge on any atom is -0.374 e. The van der Waals surface area contributed by atoms with Gasteiger partial charge in [-0.05, 0) is 42.2 Å². The highest BCUT2D eigenvalue weighted by atomic mass is 15.1. The van der Waals surface area contributed by atoms with E-state index in [9.17, 15) is 0 Å². The molecular formula is C17H22N2. The Hall–Kier alpha value is -1.80. The summed E-state index contributed by atoms with van der Waals surface area (Å²) in [7, 11) is 2.13. The van der Waals surface area contributed by atoms with Crippen molar-refractivity contribution in [3.8, 4) is 0 Å². The van der Waals surface area contributed by atoms with Crippen molar-refractivity contribution in [1.82, 2.24) is 0 Å². The molecule has 0 saturated carbocycles. The largest absolute Gasteiger partial charge is 0.374 e. The molecule has 0 spiro atoms. The Morgan fingerprint density at radius 1 is 1.05 bits per heavy atom. The third-order valence-electron chi connectivity index (χ3n) is 3.56. The van der Waals surface area contributed by atoms with Crippen LogP contribution in [-0.2, 0) is 13.0 Å². The molecule has 0 heterocycles. The second-order valence-corrected chi connectivity index (χ2v) is 4.97. The molecule has 2 aromatic carbocycles. The molecule has 2 heteroatoms. The zero-order valence-electron chi connectivity index (χ0n) is 11.8. The highest BCUT2D eigenvalue weighted by Gasteiger charge is 2.03. The summed E-state index contributed by atoms with van der Waals surface area (Å²) in [4.78, 5) is 2.28.